The van der Waals surface area contributed by atoms with E-state index < -0.39 is 11.5 Å². The number of aromatic nitrogens is 2. The van der Waals surface area contributed by atoms with Crippen molar-refractivity contribution in [2.75, 3.05) is 11.9 Å². The van der Waals surface area contributed by atoms with Gasteiger partial charge in [-0.15, -0.1) is 0 Å². The molecule has 0 saturated heterocycles. The molecule has 148 valence electrons. The van der Waals surface area contributed by atoms with Gasteiger partial charge in [0.2, 0.25) is 0 Å². The molecule has 1 atom stereocenters. The molecule has 0 aliphatic rings. The van der Waals surface area contributed by atoms with Gasteiger partial charge in [-0.2, -0.15) is 5.10 Å². The lowest BCUT2D eigenvalue weighted by molar-refractivity contribution is 0.102. The third-order valence-electron chi connectivity index (χ3n) is 4.51. The summed E-state index contributed by atoms with van der Waals surface area (Å²) in [5.74, 6) is 1.30. The Morgan fingerprint density at radius 3 is 2.90 bits per heavy atom. The van der Waals surface area contributed by atoms with E-state index in [0.29, 0.717) is 29.3 Å². The van der Waals surface area contributed by atoms with E-state index in [2.05, 4.69) is 10.4 Å². The zero-order valence-corrected chi connectivity index (χ0v) is 15.9. The minimum Gasteiger partial charge on any atom is -0.494 e. The molecular formula is C21H19N3O5. The summed E-state index contributed by atoms with van der Waals surface area (Å²) in [6, 6.07) is 11.3. The van der Waals surface area contributed by atoms with Crippen LogP contribution >= 0.6 is 0 Å². The molecule has 0 aliphatic carbocycles. The van der Waals surface area contributed by atoms with Crippen LogP contribution in [-0.4, -0.2) is 22.3 Å². The molecular weight excluding hydrogens is 374 g/mol. The second kappa shape index (κ2) is 7.67. The number of carbonyl (C=O) groups is 1. The van der Waals surface area contributed by atoms with Crippen molar-refractivity contribution >= 4 is 22.7 Å². The quantitative estimate of drug-likeness (QED) is 0.500. The molecule has 0 aliphatic heterocycles. The molecule has 1 amide bonds. The maximum atomic E-state index is 13.0. The Hall–Kier alpha value is -3.81. The Bertz CT molecular complexity index is 1210. The number of amides is 1. The first kappa shape index (κ1) is 18.5. The summed E-state index contributed by atoms with van der Waals surface area (Å²) in [5, 5.41) is 7.60. The minimum absolute atomic E-state index is 0.206. The molecule has 0 radical (unpaired) electrons. The zero-order valence-electron chi connectivity index (χ0n) is 15.9. The Morgan fingerprint density at radius 1 is 1.28 bits per heavy atom. The summed E-state index contributed by atoms with van der Waals surface area (Å²) in [7, 11) is 0. The fourth-order valence-electron chi connectivity index (χ4n) is 3.14. The number of rotatable bonds is 6. The number of fused-ring (bicyclic) bond motifs is 1. The molecule has 0 spiro atoms. The van der Waals surface area contributed by atoms with Crippen molar-refractivity contribution in [1.29, 1.82) is 0 Å². The number of furan rings is 1. The summed E-state index contributed by atoms with van der Waals surface area (Å²) in [5.41, 5.74) is -0.127. The number of hydrogen-bond acceptors (Lipinski definition) is 6. The molecule has 1 N–H and O–H groups in total. The SMILES string of the molecule is CCOc1ccc2c(C(=O)Nc3ccnn3C(C)c3ccco3)cc(=O)oc2c1. The normalized spacial score (nSPS) is 12.1. The van der Waals surface area contributed by atoms with Gasteiger partial charge in [-0.05, 0) is 38.1 Å². The molecule has 4 rings (SSSR count). The predicted molar refractivity (Wildman–Crippen MR) is 106 cm³/mol. The minimum atomic E-state index is -0.617. The maximum Gasteiger partial charge on any atom is 0.337 e. The first-order chi connectivity index (χ1) is 14.1. The highest BCUT2D eigenvalue weighted by atomic mass is 16.5. The van der Waals surface area contributed by atoms with Gasteiger partial charge in [0.05, 0.1) is 24.6 Å². The lowest BCUT2D eigenvalue weighted by Crippen LogP contribution is -2.19. The highest BCUT2D eigenvalue weighted by molar-refractivity contribution is 6.11. The summed E-state index contributed by atoms with van der Waals surface area (Å²) in [4.78, 5) is 25.0. The van der Waals surface area contributed by atoms with E-state index >= 15 is 0 Å². The molecule has 3 aromatic heterocycles. The van der Waals surface area contributed by atoms with Gasteiger partial charge in [0.1, 0.15) is 29.0 Å². The van der Waals surface area contributed by atoms with E-state index in [1.807, 2.05) is 19.9 Å². The van der Waals surface area contributed by atoms with E-state index in [4.69, 9.17) is 13.6 Å². The number of carbonyl (C=O) groups excluding carboxylic acids is 1. The van der Waals surface area contributed by atoms with Crippen LogP contribution in [0.15, 0.2) is 68.6 Å². The van der Waals surface area contributed by atoms with Gasteiger partial charge in [-0.25, -0.2) is 9.48 Å². The predicted octanol–water partition coefficient (Wildman–Crippen LogP) is 3.84. The van der Waals surface area contributed by atoms with Crippen molar-refractivity contribution in [3.63, 3.8) is 0 Å². The van der Waals surface area contributed by atoms with E-state index in [0.717, 1.165) is 0 Å². The number of ether oxygens (including phenoxy) is 1. The van der Waals surface area contributed by atoms with Crippen molar-refractivity contribution in [3.05, 3.63) is 76.7 Å². The second-order valence-electron chi connectivity index (χ2n) is 6.38. The van der Waals surface area contributed by atoms with Gasteiger partial charge >= 0.3 is 5.63 Å². The molecule has 4 aromatic rings. The monoisotopic (exact) mass is 393 g/mol. The van der Waals surface area contributed by atoms with Gasteiger partial charge in [-0.1, -0.05) is 0 Å². The van der Waals surface area contributed by atoms with Crippen molar-refractivity contribution in [1.82, 2.24) is 9.78 Å². The Labute approximate surface area is 165 Å². The first-order valence-electron chi connectivity index (χ1n) is 9.15. The molecule has 0 fully saturated rings. The highest BCUT2D eigenvalue weighted by Crippen LogP contribution is 2.25. The first-order valence-corrected chi connectivity index (χ1v) is 9.15. The molecule has 3 heterocycles. The lowest BCUT2D eigenvalue weighted by Gasteiger charge is -2.14. The molecule has 8 heteroatoms. The average Bonchev–Trinajstić information content (AvgIpc) is 3.39. The van der Waals surface area contributed by atoms with Crippen LogP contribution in [0, 0.1) is 0 Å². The van der Waals surface area contributed by atoms with Gasteiger partial charge in [-0.3, -0.25) is 4.79 Å². The van der Waals surface area contributed by atoms with Crippen LogP contribution in [0.4, 0.5) is 5.82 Å². The van der Waals surface area contributed by atoms with Gasteiger partial charge in [0.25, 0.3) is 5.91 Å². The van der Waals surface area contributed by atoms with E-state index in [1.165, 1.54) is 6.07 Å². The Morgan fingerprint density at radius 2 is 2.14 bits per heavy atom. The van der Waals surface area contributed by atoms with Crippen LogP contribution < -0.4 is 15.7 Å². The van der Waals surface area contributed by atoms with Crippen molar-refractivity contribution in [3.8, 4) is 5.75 Å². The maximum absolute atomic E-state index is 13.0. The third-order valence-corrected chi connectivity index (χ3v) is 4.51. The lowest BCUT2D eigenvalue weighted by atomic mass is 10.1. The van der Waals surface area contributed by atoms with Crippen molar-refractivity contribution < 1.29 is 18.4 Å². The smallest absolute Gasteiger partial charge is 0.337 e. The number of nitrogens with one attached hydrogen (secondary N) is 1. The van der Waals surface area contributed by atoms with Gasteiger partial charge < -0.3 is 18.9 Å². The van der Waals surface area contributed by atoms with Crippen LogP contribution in [-0.2, 0) is 0 Å². The summed E-state index contributed by atoms with van der Waals surface area (Å²) in [6.07, 6.45) is 3.17. The topological polar surface area (TPSA) is 99.5 Å². The summed E-state index contributed by atoms with van der Waals surface area (Å²) >= 11 is 0. The molecule has 8 nitrogen and oxygen atoms in total. The van der Waals surface area contributed by atoms with Crippen LogP contribution in [0.25, 0.3) is 11.0 Å². The Balaban J connectivity index is 1.67. The largest absolute Gasteiger partial charge is 0.494 e. The van der Waals surface area contributed by atoms with Gasteiger partial charge in [0.15, 0.2) is 0 Å². The molecule has 1 unspecified atom stereocenters. The summed E-state index contributed by atoms with van der Waals surface area (Å²) in [6.45, 7) is 4.24. The number of hydrogen-bond donors (Lipinski definition) is 1. The Kier molecular flexibility index (Phi) is 4.90. The van der Waals surface area contributed by atoms with E-state index in [-0.39, 0.29) is 17.2 Å². The zero-order chi connectivity index (χ0) is 20.4. The molecule has 0 bridgehead atoms. The van der Waals surface area contributed by atoms with E-state index in [1.54, 1.807) is 47.5 Å². The number of anilines is 1. The highest BCUT2D eigenvalue weighted by Gasteiger charge is 2.19. The average molecular weight is 393 g/mol. The van der Waals surface area contributed by atoms with Crippen LogP contribution in [0.2, 0.25) is 0 Å². The van der Waals surface area contributed by atoms with Crippen LogP contribution in [0.5, 0.6) is 5.75 Å². The van der Waals surface area contributed by atoms with Crippen molar-refractivity contribution in [2.45, 2.75) is 19.9 Å². The fraction of sp³-hybridized carbons (Fsp3) is 0.190. The summed E-state index contributed by atoms with van der Waals surface area (Å²) < 4.78 is 17.7. The third kappa shape index (κ3) is 3.64. The van der Waals surface area contributed by atoms with Crippen LogP contribution in [0.1, 0.15) is 36.0 Å². The van der Waals surface area contributed by atoms with Crippen LogP contribution in [0.3, 0.4) is 0 Å². The molecule has 0 saturated carbocycles. The number of nitrogens with zero attached hydrogens (tertiary/aromatic N) is 2. The molecule has 29 heavy (non-hydrogen) atoms. The van der Waals surface area contributed by atoms with Crippen molar-refractivity contribution in [2.24, 2.45) is 0 Å². The van der Waals surface area contributed by atoms with Gasteiger partial charge in [0, 0.05) is 23.6 Å². The molecule has 1 aromatic carbocycles. The number of benzene rings is 1. The fourth-order valence-corrected chi connectivity index (χ4v) is 3.14. The standard InChI is InChI=1S/C21H19N3O5/c1-3-27-14-6-7-15-16(12-20(25)29-18(15)11-14)21(26)23-19-8-9-22-24(19)13(2)17-5-4-10-28-17/h4-13H,3H2,1-2H3,(H,23,26). The van der Waals surface area contributed by atoms with E-state index in [9.17, 15) is 9.59 Å². The second-order valence-corrected chi connectivity index (χ2v) is 6.38.